The molecule has 0 aliphatic heterocycles. The average molecular weight is 397 g/mol. The van der Waals surface area contributed by atoms with Gasteiger partial charge in [0.15, 0.2) is 0 Å². The summed E-state index contributed by atoms with van der Waals surface area (Å²) < 4.78 is 40.4. The number of amides is 1. The zero-order valence-corrected chi connectivity index (χ0v) is 15.6. The molecule has 0 saturated heterocycles. The maximum atomic E-state index is 13.0. The molecule has 1 unspecified atom stereocenters. The average Bonchev–Trinajstić information content (AvgIpc) is 3.42. The van der Waals surface area contributed by atoms with Crippen LogP contribution in [0.1, 0.15) is 30.1 Å². The molecule has 0 spiro atoms. The molecule has 2 aromatic carbocycles. The lowest BCUT2D eigenvalue weighted by molar-refractivity contribution is 0.0936. The molecule has 2 aromatic rings. The zero-order chi connectivity index (χ0) is 18.9. The van der Waals surface area contributed by atoms with E-state index in [0.29, 0.717) is 5.92 Å². The highest BCUT2D eigenvalue weighted by molar-refractivity contribution is 7.92. The highest BCUT2D eigenvalue weighted by Gasteiger charge is 2.29. The molecule has 0 heterocycles. The van der Waals surface area contributed by atoms with Crippen molar-refractivity contribution in [2.24, 2.45) is 5.92 Å². The van der Waals surface area contributed by atoms with Crippen molar-refractivity contribution in [1.82, 2.24) is 5.32 Å². The van der Waals surface area contributed by atoms with Crippen molar-refractivity contribution < 1.29 is 17.6 Å². The predicted molar refractivity (Wildman–Crippen MR) is 98.3 cm³/mol. The fourth-order valence-electron chi connectivity index (χ4n) is 2.58. The first-order valence-electron chi connectivity index (χ1n) is 8.15. The number of anilines is 1. The summed E-state index contributed by atoms with van der Waals surface area (Å²) in [6.45, 7) is 1.92. The second-order valence-corrected chi connectivity index (χ2v) is 8.44. The number of hydrogen-bond donors (Lipinski definition) is 2. The third-order valence-electron chi connectivity index (χ3n) is 4.28. The van der Waals surface area contributed by atoms with Crippen LogP contribution >= 0.6 is 11.6 Å². The van der Waals surface area contributed by atoms with Gasteiger partial charge in [-0.2, -0.15) is 0 Å². The van der Waals surface area contributed by atoms with E-state index in [-0.39, 0.29) is 27.2 Å². The second-order valence-electron chi connectivity index (χ2n) is 6.35. The van der Waals surface area contributed by atoms with Crippen LogP contribution in [0, 0.1) is 11.7 Å². The molecular weight excluding hydrogens is 379 g/mol. The van der Waals surface area contributed by atoms with E-state index in [1.807, 2.05) is 6.92 Å². The maximum absolute atomic E-state index is 13.0. The highest BCUT2D eigenvalue weighted by atomic mass is 35.5. The van der Waals surface area contributed by atoms with Gasteiger partial charge in [0.1, 0.15) is 5.82 Å². The number of halogens is 2. The molecule has 1 fully saturated rings. The van der Waals surface area contributed by atoms with Gasteiger partial charge in [-0.05, 0) is 68.1 Å². The van der Waals surface area contributed by atoms with Gasteiger partial charge in [-0.15, -0.1) is 0 Å². The highest BCUT2D eigenvalue weighted by Crippen LogP contribution is 2.32. The third-order valence-corrected chi connectivity index (χ3v) is 5.99. The van der Waals surface area contributed by atoms with Gasteiger partial charge in [0.2, 0.25) is 0 Å². The minimum Gasteiger partial charge on any atom is -0.349 e. The van der Waals surface area contributed by atoms with Crippen molar-refractivity contribution in [3.63, 3.8) is 0 Å². The van der Waals surface area contributed by atoms with E-state index in [1.54, 1.807) is 0 Å². The maximum Gasteiger partial charge on any atom is 0.261 e. The van der Waals surface area contributed by atoms with E-state index < -0.39 is 21.7 Å². The lowest BCUT2D eigenvalue weighted by Crippen LogP contribution is -2.34. The molecule has 2 N–H and O–H groups in total. The summed E-state index contributed by atoms with van der Waals surface area (Å²) in [6.07, 6.45) is 2.15. The van der Waals surface area contributed by atoms with Gasteiger partial charge >= 0.3 is 0 Å². The van der Waals surface area contributed by atoms with E-state index in [0.717, 1.165) is 25.0 Å². The molecular formula is C18H18ClFN2O3S. The van der Waals surface area contributed by atoms with Crippen LogP contribution in [0.5, 0.6) is 0 Å². The Morgan fingerprint density at radius 3 is 2.46 bits per heavy atom. The lowest BCUT2D eigenvalue weighted by Gasteiger charge is -2.14. The number of sulfonamides is 1. The summed E-state index contributed by atoms with van der Waals surface area (Å²) in [4.78, 5) is 12.3. The monoisotopic (exact) mass is 396 g/mol. The van der Waals surface area contributed by atoms with E-state index in [4.69, 9.17) is 11.6 Å². The largest absolute Gasteiger partial charge is 0.349 e. The van der Waals surface area contributed by atoms with Crippen LogP contribution in [0.2, 0.25) is 5.02 Å². The molecule has 1 amide bonds. The Bertz CT molecular complexity index is 928. The Hall–Kier alpha value is -2.12. The van der Waals surface area contributed by atoms with Crippen molar-refractivity contribution in [2.45, 2.75) is 30.7 Å². The summed E-state index contributed by atoms with van der Waals surface area (Å²) in [6, 6.07) is 8.86. The molecule has 0 aromatic heterocycles. The van der Waals surface area contributed by atoms with Crippen molar-refractivity contribution in [3.8, 4) is 0 Å². The number of nitrogens with one attached hydrogen (secondary N) is 2. The van der Waals surface area contributed by atoms with Gasteiger partial charge in [-0.25, -0.2) is 12.8 Å². The molecule has 0 bridgehead atoms. The minimum atomic E-state index is -3.94. The summed E-state index contributed by atoms with van der Waals surface area (Å²) in [5, 5.41) is 3.03. The Morgan fingerprint density at radius 1 is 1.19 bits per heavy atom. The first-order chi connectivity index (χ1) is 12.3. The third kappa shape index (κ3) is 4.34. The molecule has 1 saturated carbocycles. The summed E-state index contributed by atoms with van der Waals surface area (Å²) in [7, 11) is -3.94. The Labute approximate surface area is 156 Å². The van der Waals surface area contributed by atoms with E-state index in [1.165, 1.54) is 30.3 Å². The molecule has 1 atom stereocenters. The molecule has 138 valence electrons. The molecule has 1 aliphatic carbocycles. The van der Waals surface area contributed by atoms with Gasteiger partial charge in [0.05, 0.1) is 15.5 Å². The smallest absolute Gasteiger partial charge is 0.261 e. The fraction of sp³-hybridized carbons (Fsp3) is 0.278. The minimum absolute atomic E-state index is 0.0103. The van der Waals surface area contributed by atoms with Crippen LogP contribution in [-0.2, 0) is 10.0 Å². The number of carbonyl (C=O) groups excluding carboxylic acids is 1. The number of hydrogen-bond acceptors (Lipinski definition) is 3. The number of benzene rings is 2. The Morgan fingerprint density at radius 2 is 1.85 bits per heavy atom. The van der Waals surface area contributed by atoms with Crippen LogP contribution in [0.4, 0.5) is 10.1 Å². The number of rotatable bonds is 6. The van der Waals surface area contributed by atoms with Gasteiger partial charge in [0.25, 0.3) is 15.9 Å². The van der Waals surface area contributed by atoms with Gasteiger partial charge in [-0.1, -0.05) is 11.6 Å². The normalized spacial score (nSPS) is 15.3. The molecule has 8 heteroatoms. The first kappa shape index (κ1) is 18.7. The standard InChI is InChI=1S/C18H18ClFN2O3S/c1-11(12-2-3-12)21-18(23)16-10-15(8-9-17(16)19)26(24,25)22-14-6-4-13(20)5-7-14/h4-12,22H,2-3H2,1H3,(H,21,23). The van der Waals surface area contributed by atoms with Crippen LogP contribution < -0.4 is 10.0 Å². The second kappa shape index (κ2) is 7.25. The van der Waals surface area contributed by atoms with Crippen LogP contribution in [0.15, 0.2) is 47.4 Å². The van der Waals surface area contributed by atoms with Crippen molar-refractivity contribution in [2.75, 3.05) is 4.72 Å². The molecule has 1 aliphatic rings. The topological polar surface area (TPSA) is 75.3 Å². The van der Waals surface area contributed by atoms with E-state index >= 15 is 0 Å². The van der Waals surface area contributed by atoms with E-state index in [9.17, 15) is 17.6 Å². The molecule has 26 heavy (non-hydrogen) atoms. The van der Waals surface area contributed by atoms with E-state index in [2.05, 4.69) is 10.0 Å². The van der Waals surface area contributed by atoms with Crippen LogP contribution in [0.3, 0.4) is 0 Å². The van der Waals surface area contributed by atoms with Crippen molar-refractivity contribution >= 4 is 33.2 Å². The zero-order valence-electron chi connectivity index (χ0n) is 14.0. The van der Waals surface area contributed by atoms with Crippen molar-refractivity contribution in [3.05, 3.63) is 58.9 Å². The predicted octanol–water partition coefficient (Wildman–Crippen LogP) is 3.81. The summed E-state index contributed by atoms with van der Waals surface area (Å²) in [5.74, 6) is -0.416. The van der Waals surface area contributed by atoms with Crippen LogP contribution in [-0.4, -0.2) is 20.4 Å². The van der Waals surface area contributed by atoms with Gasteiger partial charge in [0, 0.05) is 11.7 Å². The Kier molecular flexibility index (Phi) is 5.20. The first-order valence-corrected chi connectivity index (χ1v) is 10.0. The van der Waals surface area contributed by atoms with Crippen LogP contribution in [0.25, 0.3) is 0 Å². The summed E-state index contributed by atoms with van der Waals surface area (Å²) in [5.41, 5.74) is 0.316. The molecule has 3 rings (SSSR count). The quantitative estimate of drug-likeness (QED) is 0.779. The SMILES string of the molecule is CC(NC(=O)c1cc(S(=O)(=O)Nc2ccc(F)cc2)ccc1Cl)C1CC1. The Balaban J connectivity index is 1.83. The summed E-state index contributed by atoms with van der Waals surface area (Å²) >= 11 is 6.08. The van der Waals surface area contributed by atoms with Gasteiger partial charge in [-0.3, -0.25) is 9.52 Å². The van der Waals surface area contributed by atoms with Gasteiger partial charge < -0.3 is 5.32 Å². The number of carbonyl (C=O) groups is 1. The lowest BCUT2D eigenvalue weighted by atomic mass is 10.1. The fourth-order valence-corrected chi connectivity index (χ4v) is 3.86. The van der Waals surface area contributed by atoms with Crippen molar-refractivity contribution in [1.29, 1.82) is 0 Å². The molecule has 5 nitrogen and oxygen atoms in total. The molecule has 0 radical (unpaired) electrons.